The molecule has 116 valence electrons. The first-order chi connectivity index (χ1) is 10.1. The Hall–Kier alpha value is -1.39. The topological polar surface area (TPSA) is 58.4 Å². The van der Waals surface area contributed by atoms with Crippen LogP contribution in [-0.2, 0) is 11.3 Å². The number of rotatable bonds is 6. The predicted molar refractivity (Wildman–Crippen MR) is 87.0 cm³/mol. The van der Waals surface area contributed by atoms with Crippen LogP contribution < -0.4 is 11.1 Å². The Balaban J connectivity index is 2.03. The summed E-state index contributed by atoms with van der Waals surface area (Å²) in [6.45, 7) is 7.26. The molecular formula is C17H27N3O. The van der Waals surface area contributed by atoms with Gasteiger partial charge in [0, 0.05) is 12.2 Å². The number of carbonyl (C=O) groups excluding carboxylic acids is 1. The van der Waals surface area contributed by atoms with Gasteiger partial charge >= 0.3 is 0 Å². The fourth-order valence-electron chi connectivity index (χ4n) is 2.69. The average Bonchev–Trinajstić information content (AvgIpc) is 3.00. The minimum atomic E-state index is -0.449. The first kappa shape index (κ1) is 16.0. The van der Waals surface area contributed by atoms with Crippen molar-refractivity contribution >= 4 is 11.6 Å². The van der Waals surface area contributed by atoms with Crippen LogP contribution in [0.1, 0.15) is 38.7 Å². The summed E-state index contributed by atoms with van der Waals surface area (Å²) in [6.07, 6.45) is 3.45. The third-order valence-corrected chi connectivity index (χ3v) is 4.43. The molecule has 1 aliphatic heterocycles. The first-order valence-corrected chi connectivity index (χ1v) is 7.98. The van der Waals surface area contributed by atoms with Crippen LogP contribution in [0.3, 0.4) is 0 Å². The van der Waals surface area contributed by atoms with Gasteiger partial charge < -0.3 is 11.1 Å². The predicted octanol–water partition coefficient (Wildman–Crippen LogP) is 2.59. The second-order valence-electron chi connectivity index (χ2n) is 6.04. The van der Waals surface area contributed by atoms with Crippen LogP contribution >= 0.6 is 0 Å². The highest BCUT2D eigenvalue weighted by Gasteiger charge is 2.21. The van der Waals surface area contributed by atoms with E-state index in [9.17, 15) is 4.79 Å². The van der Waals surface area contributed by atoms with Crippen LogP contribution in [0.4, 0.5) is 5.69 Å². The molecule has 1 heterocycles. The molecule has 0 aromatic heterocycles. The smallest absolute Gasteiger partial charge is 0.241 e. The molecule has 0 aliphatic carbocycles. The van der Waals surface area contributed by atoms with Gasteiger partial charge in [-0.05, 0) is 43.5 Å². The largest absolute Gasteiger partial charge is 0.324 e. The van der Waals surface area contributed by atoms with Crippen LogP contribution in [0.2, 0.25) is 0 Å². The van der Waals surface area contributed by atoms with Gasteiger partial charge in [0.25, 0.3) is 0 Å². The molecule has 0 spiro atoms. The zero-order chi connectivity index (χ0) is 15.2. The molecule has 1 aliphatic rings. The highest BCUT2D eigenvalue weighted by molar-refractivity contribution is 5.95. The van der Waals surface area contributed by atoms with E-state index in [0.29, 0.717) is 0 Å². The highest BCUT2D eigenvalue weighted by Crippen LogP contribution is 2.20. The summed E-state index contributed by atoms with van der Waals surface area (Å²) in [5.74, 6) is 0.106. The normalized spacial score (nSPS) is 18.4. The zero-order valence-electron chi connectivity index (χ0n) is 13.1. The molecule has 1 amide bonds. The molecule has 1 saturated heterocycles. The Kier molecular flexibility index (Phi) is 5.76. The molecule has 2 rings (SSSR count). The van der Waals surface area contributed by atoms with E-state index in [2.05, 4.69) is 23.2 Å². The Morgan fingerprint density at radius 2 is 2.00 bits per heavy atom. The summed E-state index contributed by atoms with van der Waals surface area (Å²) in [4.78, 5) is 14.7. The van der Waals surface area contributed by atoms with Crippen molar-refractivity contribution in [1.82, 2.24) is 4.90 Å². The number of amides is 1. The lowest BCUT2D eigenvalue weighted by Gasteiger charge is -2.21. The van der Waals surface area contributed by atoms with Crippen molar-refractivity contribution in [3.8, 4) is 0 Å². The fourth-order valence-corrected chi connectivity index (χ4v) is 2.69. The van der Waals surface area contributed by atoms with Gasteiger partial charge in [-0.1, -0.05) is 38.5 Å². The Bertz CT molecular complexity index is 469. The number of likely N-dealkylation sites (tertiary alicyclic amines) is 1. The van der Waals surface area contributed by atoms with E-state index in [1.165, 1.54) is 18.4 Å². The van der Waals surface area contributed by atoms with Gasteiger partial charge in [-0.25, -0.2) is 0 Å². The Labute approximate surface area is 127 Å². The Morgan fingerprint density at radius 3 is 2.67 bits per heavy atom. The second-order valence-corrected chi connectivity index (χ2v) is 6.04. The highest BCUT2D eigenvalue weighted by atomic mass is 16.2. The van der Waals surface area contributed by atoms with E-state index < -0.39 is 6.04 Å². The van der Waals surface area contributed by atoms with Gasteiger partial charge in [-0.15, -0.1) is 0 Å². The van der Waals surface area contributed by atoms with E-state index in [0.717, 1.165) is 31.7 Å². The van der Waals surface area contributed by atoms with Crippen molar-refractivity contribution in [2.75, 3.05) is 18.4 Å². The molecule has 1 aromatic rings. The van der Waals surface area contributed by atoms with Gasteiger partial charge in [-0.3, -0.25) is 9.69 Å². The van der Waals surface area contributed by atoms with Crippen molar-refractivity contribution < 1.29 is 4.79 Å². The summed E-state index contributed by atoms with van der Waals surface area (Å²) in [7, 11) is 0. The summed E-state index contributed by atoms with van der Waals surface area (Å²) < 4.78 is 0. The SMILES string of the molecule is CC[C@H](C)[C@H](N)C(=O)Nc1ccccc1CN1CCCC1. The quantitative estimate of drug-likeness (QED) is 0.846. The van der Waals surface area contributed by atoms with E-state index in [1.807, 2.05) is 25.1 Å². The van der Waals surface area contributed by atoms with Crippen molar-refractivity contribution in [3.63, 3.8) is 0 Å². The summed E-state index contributed by atoms with van der Waals surface area (Å²) in [5.41, 5.74) is 8.08. The number of anilines is 1. The molecular weight excluding hydrogens is 262 g/mol. The van der Waals surface area contributed by atoms with Crippen molar-refractivity contribution in [1.29, 1.82) is 0 Å². The lowest BCUT2D eigenvalue weighted by Crippen LogP contribution is -2.40. The van der Waals surface area contributed by atoms with Gasteiger partial charge in [0.2, 0.25) is 5.91 Å². The van der Waals surface area contributed by atoms with E-state index in [1.54, 1.807) is 0 Å². The number of benzene rings is 1. The van der Waals surface area contributed by atoms with E-state index in [4.69, 9.17) is 5.73 Å². The number of nitrogens with two attached hydrogens (primary N) is 1. The number of carbonyl (C=O) groups is 1. The fraction of sp³-hybridized carbons (Fsp3) is 0.588. The molecule has 3 N–H and O–H groups in total. The van der Waals surface area contributed by atoms with Crippen molar-refractivity contribution in [2.45, 2.75) is 45.7 Å². The standard InChI is InChI=1S/C17H27N3O/c1-3-13(2)16(18)17(21)19-15-9-5-4-8-14(15)12-20-10-6-7-11-20/h4-5,8-9,13,16H,3,6-7,10-12,18H2,1-2H3,(H,19,21)/t13-,16-/m0/s1. The van der Waals surface area contributed by atoms with Gasteiger partial charge in [0.1, 0.15) is 0 Å². The average molecular weight is 289 g/mol. The monoisotopic (exact) mass is 289 g/mol. The molecule has 0 saturated carbocycles. The van der Waals surface area contributed by atoms with Gasteiger partial charge in [0.15, 0.2) is 0 Å². The molecule has 0 radical (unpaired) electrons. The molecule has 0 bridgehead atoms. The third-order valence-electron chi connectivity index (χ3n) is 4.43. The number of nitrogens with zero attached hydrogens (tertiary/aromatic N) is 1. The molecule has 4 heteroatoms. The number of nitrogens with one attached hydrogen (secondary N) is 1. The maximum Gasteiger partial charge on any atom is 0.241 e. The van der Waals surface area contributed by atoms with Crippen molar-refractivity contribution in [2.24, 2.45) is 11.7 Å². The van der Waals surface area contributed by atoms with Crippen LogP contribution in [0.25, 0.3) is 0 Å². The molecule has 1 fully saturated rings. The molecule has 2 atom stereocenters. The van der Waals surface area contributed by atoms with Crippen LogP contribution in [0.15, 0.2) is 24.3 Å². The zero-order valence-corrected chi connectivity index (χ0v) is 13.1. The Morgan fingerprint density at radius 1 is 1.33 bits per heavy atom. The third kappa shape index (κ3) is 4.29. The first-order valence-electron chi connectivity index (χ1n) is 7.98. The van der Waals surface area contributed by atoms with Crippen LogP contribution in [-0.4, -0.2) is 29.9 Å². The molecule has 0 unspecified atom stereocenters. The van der Waals surface area contributed by atoms with Crippen LogP contribution in [0, 0.1) is 5.92 Å². The number of hydrogen-bond acceptors (Lipinski definition) is 3. The maximum absolute atomic E-state index is 12.3. The van der Waals surface area contributed by atoms with E-state index >= 15 is 0 Å². The summed E-state index contributed by atoms with van der Waals surface area (Å²) in [6, 6.07) is 7.58. The van der Waals surface area contributed by atoms with Crippen LogP contribution in [0.5, 0.6) is 0 Å². The summed E-state index contributed by atoms with van der Waals surface area (Å²) >= 11 is 0. The summed E-state index contributed by atoms with van der Waals surface area (Å²) in [5, 5.41) is 3.01. The van der Waals surface area contributed by atoms with Crippen molar-refractivity contribution in [3.05, 3.63) is 29.8 Å². The molecule has 4 nitrogen and oxygen atoms in total. The molecule has 21 heavy (non-hydrogen) atoms. The lowest BCUT2D eigenvalue weighted by atomic mass is 9.99. The van der Waals surface area contributed by atoms with Gasteiger partial charge in [-0.2, -0.15) is 0 Å². The van der Waals surface area contributed by atoms with E-state index in [-0.39, 0.29) is 11.8 Å². The minimum Gasteiger partial charge on any atom is -0.324 e. The number of hydrogen-bond donors (Lipinski definition) is 2. The molecule has 1 aromatic carbocycles. The number of para-hydroxylation sites is 1. The second kappa shape index (κ2) is 7.57. The minimum absolute atomic E-state index is 0.0850. The lowest BCUT2D eigenvalue weighted by molar-refractivity contribution is -0.118. The maximum atomic E-state index is 12.3. The van der Waals surface area contributed by atoms with Gasteiger partial charge in [0.05, 0.1) is 6.04 Å².